The molecule has 0 aromatic rings. The summed E-state index contributed by atoms with van der Waals surface area (Å²) in [6, 6.07) is -1.03. The number of ether oxygens (including phenoxy) is 10. The van der Waals surface area contributed by atoms with Gasteiger partial charge < -0.3 is 134 Å². The first-order valence-electron chi connectivity index (χ1n) is 38.3. The Kier molecular flexibility index (Phi) is 44.3. The molecule has 5 aliphatic heterocycles. The van der Waals surface area contributed by atoms with Crippen molar-refractivity contribution in [2.24, 2.45) is 0 Å². The molecule has 588 valence electrons. The molecule has 100 heavy (non-hydrogen) atoms. The number of allylic oxidation sites excluding steroid dienone is 1. The third-order valence-corrected chi connectivity index (χ3v) is 20.3. The number of unbranched alkanes of at least 4 members (excludes halogenated alkanes) is 31. The first-order chi connectivity index (χ1) is 48.3. The molecule has 0 saturated carbocycles. The van der Waals surface area contributed by atoms with Crippen LogP contribution in [0.1, 0.15) is 239 Å². The lowest BCUT2D eigenvalue weighted by atomic mass is 9.95. The fourth-order valence-corrected chi connectivity index (χ4v) is 13.8. The van der Waals surface area contributed by atoms with E-state index in [9.17, 15) is 86.5 Å². The number of carbonyl (C=O) groups is 1. The normalized spacial score (nSPS) is 35.7. The molecule has 0 aromatic heterocycles. The Morgan fingerprint density at radius 1 is 0.370 bits per heavy atom. The van der Waals surface area contributed by atoms with Gasteiger partial charge in [-0.2, -0.15) is 0 Å². The van der Waals surface area contributed by atoms with Crippen molar-refractivity contribution in [3.63, 3.8) is 0 Å². The van der Waals surface area contributed by atoms with Crippen LogP contribution >= 0.6 is 0 Å². The van der Waals surface area contributed by atoms with Crippen LogP contribution in [0.25, 0.3) is 0 Å². The van der Waals surface area contributed by atoms with Crippen molar-refractivity contribution in [1.29, 1.82) is 0 Å². The highest BCUT2D eigenvalue weighted by Gasteiger charge is 2.57. The Labute approximate surface area is 592 Å². The van der Waals surface area contributed by atoms with Gasteiger partial charge in [-0.05, 0) is 26.2 Å². The number of rotatable bonds is 52. The zero-order chi connectivity index (χ0) is 72.9. The van der Waals surface area contributed by atoms with Crippen LogP contribution in [0.3, 0.4) is 0 Å². The highest BCUT2D eigenvalue weighted by Crippen LogP contribution is 2.37. The molecule has 5 saturated heterocycles. The van der Waals surface area contributed by atoms with Gasteiger partial charge >= 0.3 is 0 Å². The Bertz CT molecular complexity index is 2110. The molecule has 0 aromatic carbocycles. The summed E-state index contributed by atoms with van der Waals surface area (Å²) in [5.74, 6) is -0.312. The molecule has 0 radical (unpaired) electrons. The monoisotopic (exact) mass is 1440 g/mol. The second-order valence-corrected chi connectivity index (χ2v) is 28.5. The van der Waals surface area contributed by atoms with E-state index in [-0.39, 0.29) is 12.3 Å². The Morgan fingerprint density at radius 3 is 1.19 bits per heavy atom. The summed E-state index contributed by atoms with van der Waals surface area (Å²) >= 11 is 0. The molecule has 5 heterocycles. The molecule has 5 rings (SSSR count). The molecule has 1 amide bonds. The lowest BCUT2D eigenvalue weighted by Crippen LogP contribution is -2.68. The van der Waals surface area contributed by atoms with Gasteiger partial charge in [0.15, 0.2) is 31.5 Å². The molecule has 0 aliphatic carbocycles. The number of hydrogen-bond acceptors (Lipinski definition) is 27. The summed E-state index contributed by atoms with van der Waals surface area (Å²) < 4.78 is 58.1. The maximum absolute atomic E-state index is 13.5. The van der Waals surface area contributed by atoms with E-state index in [1.54, 1.807) is 6.08 Å². The van der Waals surface area contributed by atoms with E-state index in [1.807, 2.05) is 6.08 Å². The fourth-order valence-electron chi connectivity index (χ4n) is 13.8. The van der Waals surface area contributed by atoms with Crippen LogP contribution in [-0.2, 0) is 52.2 Å². The SMILES string of the molecule is CCCCCCCCCCCCC/C=C/[C@@H](O)[C@H](CO[C@@H]1OC(CO)[C@@H](O[C@@H]2OC(CO)[C@H](O[C@@H]3OC(CO)[C@H](O)[C@H](O[C@H]4OC(CO)[C@H](O)[C@H](O)C4O[C@H]4OC(C)[C@@H](O)C(O)[C@@H]4O)C3O)[C@H](O)C2O)[C@H](O)C1O)NC(=O)CCCCCCCCCCCCCCCCCCCCCCC. The summed E-state index contributed by atoms with van der Waals surface area (Å²) in [6.07, 6.45) is -3.69. The third-order valence-electron chi connectivity index (χ3n) is 20.3. The van der Waals surface area contributed by atoms with Gasteiger partial charge in [-0.15, -0.1) is 0 Å². The molecule has 10 unspecified atom stereocenters. The molecule has 17 N–H and O–H groups in total. The van der Waals surface area contributed by atoms with E-state index in [1.165, 1.54) is 161 Å². The molecule has 5 aliphatic rings. The molecule has 27 atom stereocenters. The van der Waals surface area contributed by atoms with Gasteiger partial charge in [-0.1, -0.05) is 219 Å². The Balaban J connectivity index is 1.13. The predicted molar refractivity (Wildman–Crippen MR) is 364 cm³/mol. The van der Waals surface area contributed by atoms with Crippen molar-refractivity contribution < 1.29 is 134 Å². The molecule has 0 spiro atoms. The second-order valence-electron chi connectivity index (χ2n) is 28.5. The van der Waals surface area contributed by atoms with Gasteiger partial charge in [0.05, 0.1) is 51.3 Å². The number of aliphatic hydroxyl groups is 16. The first-order valence-corrected chi connectivity index (χ1v) is 38.3. The van der Waals surface area contributed by atoms with E-state index in [2.05, 4.69) is 19.2 Å². The lowest BCUT2D eigenvalue weighted by molar-refractivity contribution is -0.398. The van der Waals surface area contributed by atoms with Gasteiger partial charge in [0, 0.05) is 6.42 Å². The topological polar surface area (TPSA) is 445 Å². The molecule has 28 nitrogen and oxygen atoms in total. The average molecular weight is 1440 g/mol. The van der Waals surface area contributed by atoms with Crippen molar-refractivity contribution in [1.82, 2.24) is 5.32 Å². The minimum absolute atomic E-state index is 0.206. The van der Waals surface area contributed by atoms with Crippen LogP contribution in [0.4, 0.5) is 0 Å². The fraction of sp³-hybridized carbons (Fsp3) is 0.958. The van der Waals surface area contributed by atoms with Crippen molar-refractivity contribution >= 4 is 5.91 Å². The average Bonchev–Trinajstić information content (AvgIpc) is 0.777. The van der Waals surface area contributed by atoms with E-state index in [0.717, 1.165) is 44.9 Å². The smallest absolute Gasteiger partial charge is 0.220 e. The van der Waals surface area contributed by atoms with Crippen molar-refractivity contribution in [3.8, 4) is 0 Å². The number of carbonyl (C=O) groups excluding carboxylic acids is 1. The molecule has 5 fully saturated rings. The highest BCUT2D eigenvalue weighted by molar-refractivity contribution is 5.76. The van der Waals surface area contributed by atoms with Crippen molar-refractivity contribution in [3.05, 3.63) is 12.2 Å². The van der Waals surface area contributed by atoms with Crippen LogP contribution in [0.15, 0.2) is 12.2 Å². The van der Waals surface area contributed by atoms with Crippen LogP contribution in [0.5, 0.6) is 0 Å². The van der Waals surface area contributed by atoms with Gasteiger partial charge in [0.2, 0.25) is 5.91 Å². The zero-order valence-electron chi connectivity index (χ0n) is 60.0. The predicted octanol–water partition coefficient (Wildman–Crippen LogP) is 2.83. The number of hydrogen-bond donors (Lipinski definition) is 17. The summed E-state index contributed by atoms with van der Waals surface area (Å²) in [7, 11) is 0. The summed E-state index contributed by atoms with van der Waals surface area (Å²) in [6.45, 7) is 1.65. The highest BCUT2D eigenvalue weighted by atomic mass is 16.8. The van der Waals surface area contributed by atoms with Crippen molar-refractivity contribution in [2.75, 3.05) is 33.0 Å². The van der Waals surface area contributed by atoms with E-state index in [0.29, 0.717) is 12.8 Å². The first kappa shape index (κ1) is 88.8. The largest absolute Gasteiger partial charge is 0.394 e. The zero-order valence-corrected chi connectivity index (χ0v) is 60.0. The van der Waals surface area contributed by atoms with E-state index >= 15 is 0 Å². The van der Waals surface area contributed by atoms with Gasteiger partial charge in [-0.25, -0.2) is 0 Å². The summed E-state index contributed by atoms with van der Waals surface area (Å²) in [5, 5.41) is 179. The van der Waals surface area contributed by atoms with Gasteiger partial charge in [-0.3, -0.25) is 4.79 Å². The number of aliphatic hydroxyl groups excluding tert-OH is 16. The molecular formula is C72H133NO27. The maximum atomic E-state index is 13.5. The Morgan fingerprint density at radius 2 is 0.720 bits per heavy atom. The summed E-state index contributed by atoms with van der Waals surface area (Å²) in [4.78, 5) is 13.5. The lowest BCUT2D eigenvalue weighted by Gasteiger charge is -2.50. The van der Waals surface area contributed by atoms with Crippen LogP contribution in [0, 0.1) is 0 Å². The van der Waals surface area contributed by atoms with Crippen molar-refractivity contribution in [2.45, 2.75) is 405 Å². The molecule has 0 bridgehead atoms. The quantitative estimate of drug-likeness (QED) is 0.0307. The van der Waals surface area contributed by atoms with E-state index in [4.69, 9.17) is 47.4 Å². The van der Waals surface area contributed by atoms with Gasteiger partial charge in [0.1, 0.15) is 116 Å². The van der Waals surface area contributed by atoms with Crippen LogP contribution in [0.2, 0.25) is 0 Å². The maximum Gasteiger partial charge on any atom is 0.220 e. The standard InChI is InChI=1S/C72H133NO27/c1-4-6-8-10-12-14-16-18-19-20-21-22-23-24-25-27-29-31-33-35-37-39-52(79)73-46(47(78)38-36-34-32-30-28-26-17-15-13-11-9-7-5-2)44-91-68-61(88)58(85)64(50(42-76)95-68)97-70-62(89)59(86)65(51(43-77)96-70)98-71-63(90)66(55(82)49(41-75)93-71)99-72-67(57(84)54(81)48(40-74)94-72)100-69-60(87)56(83)53(80)45(3)92-69/h36,38,45-51,53-72,74-78,80-90H,4-35,37,39-44H2,1-3H3,(H,73,79)/b38-36+/t45?,46-,47+,48?,49?,50?,51?,53+,54-,55-,56?,57-,58+,59+,60-,61?,62?,63?,64+,65-,66-,67?,68+,69+,70-,71-,72+/m0/s1. The van der Waals surface area contributed by atoms with Gasteiger partial charge in [0.25, 0.3) is 0 Å². The Hall–Kier alpha value is -1.83. The molecular weight excluding hydrogens is 1310 g/mol. The second kappa shape index (κ2) is 49.9. The number of nitrogens with one attached hydrogen (secondary N) is 1. The van der Waals surface area contributed by atoms with E-state index < -0.39 is 199 Å². The number of amides is 1. The van der Waals surface area contributed by atoms with Crippen LogP contribution < -0.4 is 5.32 Å². The minimum atomic E-state index is -2.17. The minimum Gasteiger partial charge on any atom is -0.394 e. The third kappa shape index (κ3) is 29.0. The summed E-state index contributed by atoms with van der Waals surface area (Å²) in [5.41, 5.74) is 0. The molecule has 28 heteroatoms. The van der Waals surface area contributed by atoms with Crippen LogP contribution in [-0.4, -0.2) is 286 Å².